The molecule has 0 radical (unpaired) electrons. The quantitative estimate of drug-likeness (QED) is 0.598. The van der Waals surface area contributed by atoms with E-state index in [0.29, 0.717) is 39.7 Å². The summed E-state index contributed by atoms with van der Waals surface area (Å²) in [5.41, 5.74) is 0.230. The number of amides is 2. The third kappa shape index (κ3) is 5.21. The lowest BCUT2D eigenvalue weighted by Crippen LogP contribution is -2.32. The molecule has 3 aromatic rings. The molecule has 1 aromatic carbocycles. The second kappa shape index (κ2) is 9.19. The average molecular weight is 433 g/mol. The molecule has 0 bridgehead atoms. The lowest BCUT2D eigenvalue weighted by Gasteiger charge is -2.21. The van der Waals surface area contributed by atoms with Crippen molar-refractivity contribution in [2.45, 2.75) is 33.4 Å². The van der Waals surface area contributed by atoms with Gasteiger partial charge in [-0.3, -0.25) is 14.4 Å². The maximum absolute atomic E-state index is 13.0. The van der Waals surface area contributed by atoms with Gasteiger partial charge in [0.15, 0.2) is 0 Å². The van der Waals surface area contributed by atoms with E-state index in [2.05, 4.69) is 15.3 Å². The van der Waals surface area contributed by atoms with Gasteiger partial charge in [0.2, 0.25) is 5.91 Å². The smallest absolute Gasteiger partial charge is 0.264 e. The zero-order chi connectivity index (χ0) is 21.0. The fourth-order valence-corrected chi connectivity index (χ4v) is 3.98. The first kappa shape index (κ1) is 21.0. The Hall–Kier alpha value is -2.71. The van der Waals surface area contributed by atoms with Gasteiger partial charge < -0.3 is 15.2 Å². The number of rotatable bonds is 7. The van der Waals surface area contributed by atoms with Crippen molar-refractivity contribution in [3.8, 4) is 0 Å². The summed E-state index contributed by atoms with van der Waals surface area (Å²) < 4.78 is 0. The van der Waals surface area contributed by atoms with E-state index in [1.165, 1.54) is 18.3 Å². The summed E-state index contributed by atoms with van der Waals surface area (Å²) in [5, 5.41) is 3.67. The number of fused-ring (bicyclic) bond motifs is 1. The van der Waals surface area contributed by atoms with Gasteiger partial charge in [0, 0.05) is 23.4 Å². The minimum atomic E-state index is -0.265. The second-order valence-corrected chi connectivity index (χ2v) is 8.18. The van der Waals surface area contributed by atoms with Gasteiger partial charge in [-0.05, 0) is 36.8 Å². The van der Waals surface area contributed by atoms with Crippen LogP contribution in [-0.4, -0.2) is 33.2 Å². The largest absolute Gasteiger partial charge is 0.351 e. The third-order valence-electron chi connectivity index (χ3n) is 4.22. The molecule has 0 atom stereocenters. The molecule has 0 aliphatic heterocycles. The van der Waals surface area contributed by atoms with Gasteiger partial charge >= 0.3 is 0 Å². The molecule has 9 heteroatoms. The van der Waals surface area contributed by atoms with Crippen LogP contribution in [0.3, 0.4) is 0 Å². The molecule has 0 aliphatic carbocycles. The maximum Gasteiger partial charge on any atom is 0.264 e. The Bertz CT molecular complexity index is 1110. The topological polar surface area (TPSA) is 95.2 Å². The van der Waals surface area contributed by atoms with Crippen LogP contribution in [-0.2, 0) is 17.9 Å². The molecule has 0 saturated carbocycles. The predicted octanol–water partition coefficient (Wildman–Crippen LogP) is 3.33. The van der Waals surface area contributed by atoms with Gasteiger partial charge in [-0.25, -0.2) is 4.98 Å². The van der Waals surface area contributed by atoms with E-state index in [4.69, 9.17) is 11.6 Å². The molecule has 0 saturated heterocycles. The van der Waals surface area contributed by atoms with Crippen molar-refractivity contribution < 1.29 is 9.59 Å². The Kier molecular flexibility index (Phi) is 6.66. The van der Waals surface area contributed by atoms with E-state index < -0.39 is 0 Å². The number of halogens is 1. The molecule has 2 heterocycles. The Morgan fingerprint density at radius 3 is 2.79 bits per heavy atom. The number of nitrogens with one attached hydrogen (secondary N) is 2. The fraction of sp³-hybridized carbons (Fsp3) is 0.300. The molecule has 2 N–H and O–H groups in total. The molecule has 3 rings (SSSR count). The number of aromatic amines is 1. The molecule has 2 amide bonds. The number of benzene rings is 1. The van der Waals surface area contributed by atoms with Gasteiger partial charge in [-0.15, -0.1) is 11.3 Å². The van der Waals surface area contributed by atoms with E-state index in [9.17, 15) is 14.4 Å². The molecule has 0 fully saturated rings. The number of hydrogen-bond donors (Lipinski definition) is 2. The first-order valence-electron chi connectivity index (χ1n) is 9.18. The summed E-state index contributed by atoms with van der Waals surface area (Å²) in [5.74, 6) is 0.145. The van der Waals surface area contributed by atoms with Crippen molar-refractivity contribution in [1.82, 2.24) is 20.2 Å². The summed E-state index contributed by atoms with van der Waals surface area (Å²) in [7, 11) is 0. The van der Waals surface area contributed by atoms with Crippen LogP contribution < -0.4 is 10.9 Å². The molecule has 0 unspecified atom stereocenters. The molecule has 0 spiro atoms. The van der Waals surface area contributed by atoms with Crippen LogP contribution in [0.2, 0.25) is 5.02 Å². The molecular weight excluding hydrogens is 412 g/mol. The minimum Gasteiger partial charge on any atom is -0.351 e. The summed E-state index contributed by atoms with van der Waals surface area (Å²) in [6, 6.07) is 8.49. The standard InChI is InChI=1S/C20H21ClN4O3S/c1-3-8-25(20(28)17-7-5-14(29-17)10-22-12(2)26)11-18-23-16-9-13(21)4-6-15(16)19(27)24-18/h4-7,9H,3,8,10-11H2,1-2H3,(H,22,26)(H,23,24,27). The van der Waals surface area contributed by atoms with Gasteiger partial charge in [-0.2, -0.15) is 0 Å². The van der Waals surface area contributed by atoms with Crippen molar-refractivity contribution >= 4 is 45.7 Å². The minimum absolute atomic E-state index is 0.120. The number of thiophene rings is 1. The molecule has 0 aliphatic rings. The zero-order valence-electron chi connectivity index (χ0n) is 16.1. The summed E-state index contributed by atoms with van der Waals surface area (Å²) in [6.07, 6.45) is 0.763. The van der Waals surface area contributed by atoms with Crippen LogP contribution in [0.25, 0.3) is 10.9 Å². The van der Waals surface area contributed by atoms with Crippen LogP contribution in [0.1, 0.15) is 40.6 Å². The monoisotopic (exact) mass is 432 g/mol. The van der Waals surface area contributed by atoms with Crippen LogP contribution in [0, 0.1) is 0 Å². The number of carbonyl (C=O) groups is 2. The molecule has 29 heavy (non-hydrogen) atoms. The van der Waals surface area contributed by atoms with Gasteiger partial charge in [0.1, 0.15) is 5.82 Å². The van der Waals surface area contributed by atoms with Gasteiger partial charge in [-0.1, -0.05) is 18.5 Å². The molecule has 152 valence electrons. The summed E-state index contributed by atoms with van der Waals surface area (Å²) >= 11 is 7.35. The summed E-state index contributed by atoms with van der Waals surface area (Å²) in [4.78, 5) is 46.8. The van der Waals surface area contributed by atoms with Crippen molar-refractivity contribution in [1.29, 1.82) is 0 Å². The van der Waals surface area contributed by atoms with Gasteiger partial charge in [0.25, 0.3) is 11.5 Å². The Morgan fingerprint density at radius 1 is 1.28 bits per heavy atom. The van der Waals surface area contributed by atoms with Crippen molar-refractivity contribution in [3.63, 3.8) is 0 Å². The number of carbonyl (C=O) groups excluding carboxylic acids is 2. The van der Waals surface area contributed by atoms with Crippen molar-refractivity contribution in [2.75, 3.05) is 6.54 Å². The highest BCUT2D eigenvalue weighted by molar-refractivity contribution is 7.14. The Labute approximate surface area is 176 Å². The molecule has 2 aromatic heterocycles. The van der Waals surface area contributed by atoms with Gasteiger partial charge in [0.05, 0.1) is 28.9 Å². The van der Waals surface area contributed by atoms with Crippen LogP contribution >= 0.6 is 22.9 Å². The number of H-pyrrole nitrogens is 1. The second-order valence-electron chi connectivity index (χ2n) is 6.58. The van der Waals surface area contributed by atoms with E-state index in [0.717, 1.165) is 11.3 Å². The SMILES string of the molecule is CCCN(Cc1nc2cc(Cl)ccc2c(=O)[nH]1)C(=O)c1ccc(CNC(C)=O)s1. The van der Waals surface area contributed by atoms with Crippen molar-refractivity contribution in [2.24, 2.45) is 0 Å². The van der Waals surface area contributed by atoms with Crippen LogP contribution in [0.4, 0.5) is 0 Å². The summed E-state index contributed by atoms with van der Waals surface area (Å²) in [6.45, 7) is 4.53. The van der Waals surface area contributed by atoms with E-state index >= 15 is 0 Å². The van der Waals surface area contributed by atoms with E-state index in [-0.39, 0.29) is 23.9 Å². The zero-order valence-corrected chi connectivity index (χ0v) is 17.7. The first-order chi connectivity index (χ1) is 13.9. The maximum atomic E-state index is 13.0. The van der Waals surface area contributed by atoms with Crippen LogP contribution in [0.15, 0.2) is 35.1 Å². The number of nitrogens with zero attached hydrogens (tertiary/aromatic N) is 2. The fourth-order valence-electron chi connectivity index (χ4n) is 2.89. The Morgan fingerprint density at radius 2 is 2.07 bits per heavy atom. The predicted molar refractivity (Wildman–Crippen MR) is 114 cm³/mol. The number of hydrogen-bond acceptors (Lipinski definition) is 5. The van der Waals surface area contributed by atoms with Crippen molar-refractivity contribution in [3.05, 3.63) is 61.3 Å². The van der Waals surface area contributed by atoms with Crippen LogP contribution in [0.5, 0.6) is 0 Å². The van der Waals surface area contributed by atoms with E-state index in [1.807, 2.05) is 13.0 Å². The highest BCUT2D eigenvalue weighted by Gasteiger charge is 2.19. The van der Waals surface area contributed by atoms with E-state index in [1.54, 1.807) is 29.2 Å². The normalized spacial score (nSPS) is 10.9. The lowest BCUT2D eigenvalue weighted by atomic mass is 10.2. The number of aromatic nitrogens is 2. The molecule has 7 nitrogen and oxygen atoms in total. The third-order valence-corrected chi connectivity index (χ3v) is 5.53. The highest BCUT2D eigenvalue weighted by atomic mass is 35.5. The Balaban J connectivity index is 1.83. The first-order valence-corrected chi connectivity index (χ1v) is 10.4. The average Bonchev–Trinajstić information content (AvgIpc) is 3.14. The molecular formula is C20H21ClN4O3S. The highest BCUT2D eigenvalue weighted by Crippen LogP contribution is 2.20. The lowest BCUT2D eigenvalue weighted by molar-refractivity contribution is -0.119.